The Morgan fingerprint density at radius 1 is 0.732 bits per heavy atom. The molecule has 1 aliphatic carbocycles. The van der Waals surface area contributed by atoms with E-state index in [2.05, 4.69) is 63.4 Å². The van der Waals surface area contributed by atoms with E-state index in [4.69, 9.17) is 0 Å². The van der Waals surface area contributed by atoms with Crippen molar-refractivity contribution in [1.82, 2.24) is 16.0 Å². The van der Waals surface area contributed by atoms with Crippen molar-refractivity contribution in [2.75, 3.05) is 11.9 Å². The van der Waals surface area contributed by atoms with Gasteiger partial charge in [0.1, 0.15) is 0 Å². The highest BCUT2D eigenvalue weighted by atomic mass is 16.2. The van der Waals surface area contributed by atoms with Gasteiger partial charge in [-0.1, -0.05) is 78.7 Å². The Balaban J connectivity index is 1.14. The van der Waals surface area contributed by atoms with Crippen LogP contribution in [0.25, 0.3) is 10.8 Å². The van der Waals surface area contributed by atoms with Crippen molar-refractivity contribution in [3.63, 3.8) is 0 Å². The van der Waals surface area contributed by atoms with E-state index in [1.807, 2.05) is 18.2 Å². The third-order valence-corrected chi connectivity index (χ3v) is 6.88. The quantitative estimate of drug-likeness (QED) is 0.210. The number of fused-ring (bicyclic) bond motifs is 1. The van der Waals surface area contributed by atoms with Gasteiger partial charge in [0.2, 0.25) is 0 Å². The van der Waals surface area contributed by atoms with E-state index in [1.54, 1.807) is 48.5 Å². The normalized spacial score (nSPS) is 12.8. The summed E-state index contributed by atoms with van der Waals surface area (Å²) in [7, 11) is 0. The third-order valence-electron chi connectivity index (χ3n) is 6.88. The first kappa shape index (κ1) is 27.2. The zero-order valence-corrected chi connectivity index (χ0v) is 22.2. The Kier molecular flexibility index (Phi) is 8.07. The summed E-state index contributed by atoms with van der Waals surface area (Å²) in [6, 6.07) is 30.1. The highest BCUT2D eigenvalue weighted by Crippen LogP contribution is 2.46. The Labute approximate surface area is 237 Å². The Bertz CT molecular complexity index is 1680. The van der Waals surface area contributed by atoms with Gasteiger partial charge in [-0.05, 0) is 64.9 Å². The molecule has 5 rings (SSSR count). The van der Waals surface area contributed by atoms with Crippen LogP contribution in [0.3, 0.4) is 0 Å². The topological polar surface area (TPSA) is 116 Å². The molecule has 204 valence electrons. The average Bonchev–Trinajstić information content (AvgIpc) is 3.78. The molecule has 0 spiro atoms. The summed E-state index contributed by atoms with van der Waals surface area (Å²) in [5.41, 5.74) is 2.25. The minimum Gasteiger partial charge on any atom is -0.344 e. The number of carbonyl (C=O) groups excluding carboxylic acids is 4. The van der Waals surface area contributed by atoms with Gasteiger partial charge >= 0.3 is 11.8 Å². The Morgan fingerprint density at radius 2 is 1.41 bits per heavy atom. The molecule has 0 heterocycles. The predicted octanol–water partition coefficient (Wildman–Crippen LogP) is 3.63. The molecule has 1 fully saturated rings. The molecule has 1 saturated carbocycles. The van der Waals surface area contributed by atoms with Crippen LogP contribution in [0, 0.1) is 11.8 Å². The number of nitrogens with one attached hydrogen (secondary N) is 4. The zero-order chi connectivity index (χ0) is 28.7. The maximum Gasteiger partial charge on any atom is 0.310 e. The molecule has 4 aromatic rings. The minimum atomic E-state index is -0.891. The lowest BCUT2D eigenvalue weighted by atomic mass is 9.99. The van der Waals surface area contributed by atoms with E-state index in [1.165, 1.54) is 0 Å². The summed E-state index contributed by atoms with van der Waals surface area (Å²) >= 11 is 0. The zero-order valence-electron chi connectivity index (χ0n) is 22.2. The fraction of sp³-hybridized carbons (Fsp3) is 0.152. The van der Waals surface area contributed by atoms with Crippen LogP contribution in [0.1, 0.15) is 34.3 Å². The molecule has 1 aliphatic rings. The molecule has 0 radical (unpaired) electrons. The van der Waals surface area contributed by atoms with Crippen LogP contribution in [0.15, 0.2) is 97.1 Å². The predicted molar refractivity (Wildman–Crippen MR) is 156 cm³/mol. The van der Waals surface area contributed by atoms with Gasteiger partial charge in [-0.15, -0.1) is 0 Å². The smallest absolute Gasteiger partial charge is 0.310 e. The summed E-state index contributed by atoms with van der Waals surface area (Å²) in [6.45, 7) is -0.186. The van der Waals surface area contributed by atoms with Crippen molar-refractivity contribution in [2.45, 2.75) is 24.9 Å². The number of hydrogen-bond donors (Lipinski definition) is 4. The van der Waals surface area contributed by atoms with Gasteiger partial charge < -0.3 is 21.3 Å². The Morgan fingerprint density at radius 3 is 2.20 bits per heavy atom. The van der Waals surface area contributed by atoms with Crippen LogP contribution in [0.2, 0.25) is 0 Å². The summed E-state index contributed by atoms with van der Waals surface area (Å²) in [4.78, 5) is 49.7. The number of rotatable bonds is 7. The SMILES string of the molecule is O=C(C#CCNC(=O)C(=O)NCc1ccccc1C(=O)NC1(c2ccc3ccccc3c2)CC1)Nc1ccccc1. The fourth-order valence-electron chi connectivity index (χ4n) is 4.55. The number of amides is 4. The molecule has 0 saturated heterocycles. The van der Waals surface area contributed by atoms with Crippen molar-refractivity contribution in [3.8, 4) is 11.8 Å². The van der Waals surface area contributed by atoms with Crippen molar-refractivity contribution in [1.29, 1.82) is 0 Å². The number of hydrogen-bond acceptors (Lipinski definition) is 4. The van der Waals surface area contributed by atoms with E-state index in [0.29, 0.717) is 16.8 Å². The van der Waals surface area contributed by atoms with Crippen LogP contribution in [-0.2, 0) is 26.5 Å². The molecular formula is C33H28N4O4. The van der Waals surface area contributed by atoms with E-state index < -0.39 is 23.3 Å². The number of anilines is 1. The summed E-state index contributed by atoms with van der Waals surface area (Å²) in [5.74, 6) is 2.34. The molecule has 0 unspecified atom stereocenters. The monoisotopic (exact) mass is 544 g/mol. The summed E-state index contributed by atoms with van der Waals surface area (Å²) in [6.07, 6.45) is 1.68. The molecule has 0 atom stereocenters. The van der Waals surface area contributed by atoms with Gasteiger partial charge in [-0.3, -0.25) is 19.2 Å². The van der Waals surface area contributed by atoms with Crippen LogP contribution in [0.5, 0.6) is 0 Å². The highest BCUT2D eigenvalue weighted by Gasteiger charge is 2.46. The van der Waals surface area contributed by atoms with E-state index in [0.717, 1.165) is 29.2 Å². The van der Waals surface area contributed by atoms with Gasteiger partial charge in [0, 0.05) is 17.8 Å². The van der Waals surface area contributed by atoms with Crippen LogP contribution in [-0.4, -0.2) is 30.2 Å². The molecular weight excluding hydrogens is 516 g/mol. The highest BCUT2D eigenvalue weighted by molar-refractivity contribution is 6.35. The first-order valence-electron chi connectivity index (χ1n) is 13.2. The van der Waals surface area contributed by atoms with Crippen molar-refractivity contribution in [3.05, 3.63) is 114 Å². The van der Waals surface area contributed by atoms with Crippen LogP contribution < -0.4 is 21.3 Å². The first-order valence-corrected chi connectivity index (χ1v) is 13.2. The number of carbonyl (C=O) groups is 4. The first-order chi connectivity index (χ1) is 19.9. The molecule has 0 bridgehead atoms. The van der Waals surface area contributed by atoms with E-state index >= 15 is 0 Å². The molecule has 8 nitrogen and oxygen atoms in total. The standard InChI is InChI=1S/C33H28N4O4/c38-29(36-27-12-2-1-3-13-27)15-8-20-34-31(40)32(41)35-22-25-11-6-7-14-28(25)30(39)37-33(18-19-33)26-17-16-23-9-4-5-10-24(23)21-26/h1-7,9-14,16-17,21H,18-20,22H2,(H,34,40)(H,35,41)(H,36,38)(H,37,39). The molecule has 4 N–H and O–H groups in total. The second kappa shape index (κ2) is 12.2. The molecule has 41 heavy (non-hydrogen) atoms. The van der Waals surface area contributed by atoms with Gasteiger partial charge in [-0.25, -0.2) is 0 Å². The van der Waals surface area contributed by atoms with Crippen LogP contribution >= 0.6 is 0 Å². The van der Waals surface area contributed by atoms with Gasteiger partial charge in [-0.2, -0.15) is 0 Å². The lowest BCUT2D eigenvalue weighted by molar-refractivity contribution is -0.139. The van der Waals surface area contributed by atoms with Crippen LogP contribution in [0.4, 0.5) is 5.69 Å². The Hall–Kier alpha value is -5.42. The van der Waals surface area contributed by atoms with E-state index in [9.17, 15) is 19.2 Å². The lowest BCUT2D eigenvalue weighted by Gasteiger charge is -2.20. The van der Waals surface area contributed by atoms with Gasteiger partial charge in [0.05, 0.1) is 12.1 Å². The summed E-state index contributed by atoms with van der Waals surface area (Å²) < 4.78 is 0. The number of benzene rings is 4. The average molecular weight is 545 g/mol. The maximum atomic E-state index is 13.3. The van der Waals surface area contributed by atoms with Crippen molar-refractivity contribution in [2.24, 2.45) is 0 Å². The fourth-order valence-corrected chi connectivity index (χ4v) is 4.55. The largest absolute Gasteiger partial charge is 0.344 e. The number of para-hydroxylation sites is 1. The maximum absolute atomic E-state index is 13.3. The molecule has 0 aromatic heterocycles. The van der Waals surface area contributed by atoms with Crippen molar-refractivity contribution < 1.29 is 19.2 Å². The third kappa shape index (κ3) is 6.78. The van der Waals surface area contributed by atoms with Crippen molar-refractivity contribution >= 4 is 40.1 Å². The second-order valence-electron chi connectivity index (χ2n) is 9.74. The molecule has 4 aromatic carbocycles. The van der Waals surface area contributed by atoms with Gasteiger partial charge in [0.15, 0.2) is 0 Å². The minimum absolute atomic E-state index is 0.00994. The van der Waals surface area contributed by atoms with Gasteiger partial charge in [0.25, 0.3) is 11.8 Å². The molecule has 4 amide bonds. The molecule has 8 heteroatoms. The van der Waals surface area contributed by atoms with E-state index in [-0.39, 0.29) is 19.0 Å². The lowest BCUT2D eigenvalue weighted by Crippen LogP contribution is -2.40. The second-order valence-corrected chi connectivity index (χ2v) is 9.74. The molecule has 0 aliphatic heterocycles. The summed E-state index contributed by atoms with van der Waals surface area (Å²) in [5, 5.41) is 13.0.